The van der Waals surface area contributed by atoms with Gasteiger partial charge in [-0.05, 0) is 70.1 Å². The molecule has 0 aromatic rings. The van der Waals surface area contributed by atoms with Crippen molar-refractivity contribution in [3.8, 4) is 0 Å². The van der Waals surface area contributed by atoms with E-state index in [1.807, 2.05) is 27.7 Å². The Labute approximate surface area is 350 Å². The molecule has 16 heteroatoms. The lowest BCUT2D eigenvalue weighted by molar-refractivity contribution is -0.159. The third-order valence-electron chi connectivity index (χ3n) is 10.6. The highest BCUT2D eigenvalue weighted by Gasteiger charge is 2.37. The first-order valence-electron chi connectivity index (χ1n) is 20.8. The van der Waals surface area contributed by atoms with Crippen molar-refractivity contribution in [2.75, 3.05) is 86.0 Å². The summed E-state index contributed by atoms with van der Waals surface area (Å²) in [5, 5.41) is 2.88. The summed E-state index contributed by atoms with van der Waals surface area (Å²) in [5.41, 5.74) is -0.717. The van der Waals surface area contributed by atoms with Crippen molar-refractivity contribution in [2.45, 2.75) is 124 Å². The van der Waals surface area contributed by atoms with Crippen LogP contribution in [0.3, 0.4) is 0 Å². The third kappa shape index (κ3) is 18.6. The van der Waals surface area contributed by atoms with Crippen LogP contribution >= 0.6 is 10.0 Å². The van der Waals surface area contributed by atoms with Gasteiger partial charge in [0.1, 0.15) is 36.9 Å². The van der Waals surface area contributed by atoms with Crippen LogP contribution in [0.5, 0.6) is 0 Å². The molecule has 0 aromatic carbocycles. The van der Waals surface area contributed by atoms with E-state index in [2.05, 4.69) is 24.1 Å². The van der Waals surface area contributed by atoms with Gasteiger partial charge in [0.25, 0.3) is 0 Å². The molecular weight excluding hydrogens is 765 g/mol. The van der Waals surface area contributed by atoms with Crippen LogP contribution < -0.4 is 5.32 Å². The van der Waals surface area contributed by atoms with E-state index in [-0.39, 0.29) is 49.9 Å². The summed E-state index contributed by atoms with van der Waals surface area (Å²) in [5.74, 6) is -2.17. The Morgan fingerprint density at radius 3 is 1.81 bits per heavy atom. The fourth-order valence-electron chi connectivity index (χ4n) is 6.71. The number of hydrogen-bond acceptors (Lipinski definition) is 9. The Balaban J connectivity index is 3.10. The van der Waals surface area contributed by atoms with Crippen molar-refractivity contribution in [3.63, 3.8) is 0 Å². The minimum absolute atomic E-state index is 0.0548. The second-order valence-corrected chi connectivity index (χ2v) is 23.1. The third-order valence-corrected chi connectivity index (χ3v) is 12.0. The summed E-state index contributed by atoms with van der Waals surface area (Å²) in [6, 6.07) is -2.72. The number of likely N-dealkylation sites (N-methyl/N-ethyl adjacent to an activating group) is 5. The maximum Gasteiger partial charge on any atom is 0.410 e. The number of hydrogen-bond donors (Lipinski definition) is 1. The zero-order chi connectivity index (χ0) is 44.7. The minimum atomic E-state index is -0.985. The molecule has 0 radical (unpaired) electrons. The molecule has 6 amide bonds. The summed E-state index contributed by atoms with van der Waals surface area (Å²) >= 11 is 0. The molecule has 15 nitrogen and oxygen atoms in total. The first-order chi connectivity index (χ1) is 26.7. The fraction of sp³-hybridized carbons (Fsp3) is 0.833. The van der Waals surface area contributed by atoms with Crippen LogP contribution in [0.1, 0.15) is 99.8 Å². The van der Waals surface area contributed by atoms with Crippen molar-refractivity contribution in [2.24, 2.45) is 17.8 Å². The first-order valence-corrected chi connectivity index (χ1v) is 23.8. The van der Waals surface area contributed by atoms with Crippen molar-refractivity contribution in [3.05, 3.63) is 0 Å². The highest BCUT2D eigenvalue weighted by Crippen LogP contribution is 2.33. The molecule has 0 aromatic heterocycles. The molecule has 336 valence electrons. The first kappa shape index (κ1) is 52.5. The van der Waals surface area contributed by atoms with Gasteiger partial charge in [0, 0.05) is 41.0 Å². The monoisotopic (exact) mass is 843 g/mol. The van der Waals surface area contributed by atoms with Gasteiger partial charge in [-0.2, -0.15) is 0 Å². The molecule has 1 saturated carbocycles. The van der Waals surface area contributed by atoms with Crippen LogP contribution in [-0.2, 0) is 38.2 Å². The standard InChI is InChI=1S/C42H78N6O9S/c1-16-30(4)37(43-38(52)32(24-29(2)3)48(12)41(55)56-22-23-58(13,14)15)40(54)45(9)26-34(49)44(8)27-35(50)47(11)33(25-31-20-18-17-19-21-31)39(53)46(10)28-36(51)57-42(5,6)7/h29-33,37H,16-28H2,1-15H3,(H,43,52)/t30-,32-,33-,37-/m0/s1. The van der Waals surface area contributed by atoms with Crippen molar-refractivity contribution < 1.29 is 43.0 Å². The number of ether oxygens (including phenoxy) is 2. The van der Waals surface area contributed by atoms with E-state index in [4.69, 9.17) is 9.47 Å². The van der Waals surface area contributed by atoms with Crippen LogP contribution in [-0.4, -0.2) is 176 Å². The maximum absolute atomic E-state index is 13.9. The van der Waals surface area contributed by atoms with Crippen LogP contribution in [0, 0.1) is 17.8 Å². The van der Waals surface area contributed by atoms with E-state index in [0.717, 1.165) is 37.9 Å². The molecule has 58 heavy (non-hydrogen) atoms. The largest absolute Gasteiger partial charge is 0.459 e. The van der Waals surface area contributed by atoms with Gasteiger partial charge in [-0.3, -0.25) is 33.7 Å². The number of nitrogens with one attached hydrogen (secondary N) is 1. The zero-order valence-electron chi connectivity index (χ0n) is 38.5. The molecule has 1 aliphatic carbocycles. The van der Waals surface area contributed by atoms with Gasteiger partial charge in [-0.25, -0.2) is 14.8 Å². The number of carbonyl (C=O) groups excluding carboxylic acids is 7. The number of carbonyl (C=O) groups is 7. The average molecular weight is 843 g/mol. The summed E-state index contributed by atoms with van der Waals surface area (Å²) < 4.78 is 10.9. The average Bonchev–Trinajstić information content (AvgIpc) is 3.12. The van der Waals surface area contributed by atoms with Crippen LogP contribution in [0.4, 0.5) is 4.79 Å². The Morgan fingerprint density at radius 2 is 1.29 bits per heavy atom. The second-order valence-electron chi connectivity index (χ2n) is 18.5. The van der Waals surface area contributed by atoms with Crippen LogP contribution in [0.15, 0.2) is 0 Å². The Hall–Kier alpha value is -3.56. The second kappa shape index (κ2) is 23.9. The molecule has 0 spiro atoms. The predicted molar refractivity (Wildman–Crippen MR) is 230 cm³/mol. The van der Waals surface area contributed by atoms with Crippen molar-refractivity contribution in [1.82, 2.24) is 29.8 Å². The van der Waals surface area contributed by atoms with E-state index in [1.165, 1.54) is 52.7 Å². The topological polar surface area (TPSA) is 166 Å². The van der Waals surface area contributed by atoms with Crippen LogP contribution in [0.25, 0.3) is 0 Å². The van der Waals surface area contributed by atoms with E-state index in [1.54, 1.807) is 27.8 Å². The van der Waals surface area contributed by atoms with Gasteiger partial charge in [0.2, 0.25) is 29.5 Å². The Bertz CT molecular complexity index is 1390. The molecule has 0 bridgehead atoms. The Kier molecular flexibility index (Phi) is 21.6. The van der Waals surface area contributed by atoms with E-state index < -0.39 is 69.4 Å². The summed E-state index contributed by atoms with van der Waals surface area (Å²) in [7, 11) is 6.62. The summed E-state index contributed by atoms with van der Waals surface area (Å²) in [6.45, 7) is 12.1. The lowest BCUT2D eigenvalue weighted by Gasteiger charge is -2.35. The smallest absolute Gasteiger partial charge is 0.410 e. The van der Waals surface area contributed by atoms with Crippen LogP contribution in [0.2, 0.25) is 0 Å². The van der Waals surface area contributed by atoms with Gasteiger partial charge >= 0.3 is 12.1 Å². The quantitative estimate of drug-likeness (QED) is 0.167. The molecular formula is C42H78N6O9S. The predicted octanol–water partition coefficient (Wildman–Crippen LogP) is 4.21. The van der Waals surface area contributed by atoms with E-state index in [9.17, 15) is 33.6 Å². The van der Waals surface area contributed by atoms with E-state index >= 15 is 0 Å². The highest BCUT2D eigenvalue weighted by atomic mass is 32.3. The molecule has 0 unspecified atom stereocenters. The molecule has 1 fully saturated rings. The minimum Gasteiger partial charge on any atom is -0.459 e. The number of esters is 1. The molecule has 0 heterocycles. The Morgan fingerprint density at radius 1 is 0.741 bits per heavy atom. The zero-order valence-corrected chi connectivity index (χ0v) is 39.3. The lowest BCUT2D eigenvalue weighted by atomic mass is 9.84. The lowest BCUT2D eigenvalue weighted by Crippen LogP contribution is -2.57. The van der Waals surface area contributed by atoms with Gasteiger partial charge in [0.15, 0.2) is 0 Å². The van der Waals surface area contributed by atoms with Crippen molar-refractivity contribution in [1.29, 1.82) is 0 Å². The highest BCUT2D eigenvalue weighted by molar-refractivity contribution is 8.32. The summed E-state index contributed by atoms with van der Waals surface area (Å²) in [4.78, 5) is 101. The molecule has 1 rings (SSSR count). The van der Waals surface area contributed by atoms with E-state index in [0.29, 0.717) is 19.3 Å². The fourth-order valence-corrected chi connectivity index (χ4v) is 7.29. The maximum atomic E-state index is 13.9. The molecule has 0 aliphatic heterocycles. The molecule has 1 aliphatic rings. The number of nitrogens with zero attached hydrogens (tertiary/aromatic N) is 5. The number of amides is 6. The molecule has 1 N–H and O–H groups in total. The van der Waals surface area contributed by atoms with Gasteiger partial charge < -0.3 is 34.4 Å². The molecule has 4 atom stereocenters. The number of rotatable bonds is 21. The summed E-state index contributed by atoms with van der Waals surface area (Å²) in [6.07, 6.45) is 12.2. The van der Waals surface area contributed by atoms with Gasteiger partial charge in [0.05, 0.1) is 13.1 Å². The van der Waals surface area contributed by atoms with Gasteiger partial charge in [-0.1, -0.05) is 66.2 Å². The van der Waals surface area contributed by atoms with Crippen molar-refractivity contribution >= 4 is 51.6 Å². The SMILES string of the molecule is CC[C@H](C)[C@H](NC(=O)[C@H](CC(C)C)N(C)C(=O)OCCS(C)(C)C)C(=O)N(C)CC(=O)N(C)CC(=O)N(C)[C@@H](CC1CCCCC1)C(=O)N(C)CC(=O)OC(C)(C)C. The normalized spacial score (nSPS) is 15.9. The van der Waals surface area contributed by atoms with Gasteiger partial charge in [-0.15, -0.1) is 0 Å². The molecule has 0 saturated heterocycles.